The third-order valence-corrected chi connectivity index (χ3v) is 2.08. The van der Waals surface area contributed by atoms with Crippen LogP contribution in [0.1, 0.15) is 32.0 Å². The van der Waals surface area contributed by atoms with Crippen molar-refractivity contribution in [3.8, 4) is 0 Å². The van der Waals surface area contributed by atoms with Gasteiger partial charge in [-0.2, -0.15) is 13.2 Å². The maximum atomic E-state index is 12.4. The molecule has 0 fully saturated rings. The molecule has 86 valence electrons. The fraction of sp³-hybridized carbons (Fsp3) is 0.667. The summed E-state index contributed by atoms with van der Waals surface area (Å²) in [6.45, 7) is 6.14. The van der Waals surface area contributed by atoms with Crippen molar-refractivity contribution in [2.24, 2.45) is 0 Å². The molecule has 1 N–H and O–H groups in total. The first kappa shape index (κ1) is 11.9. The van der Waals surface area contributed by atoms with Crippen LogP contribution in [0.15, 0.2) is 4.79 Å². The summed E-state index contributed by atoms with van der Waals surface area (Å²) in [5, 5.41) is 2.11. The second-order valence-electron chi connectivity index (χ2n) is 4.42. The average molecular weight is 222 g/mol. The summed E-state index contributed by atoms with van der Waals surface area (Å²) in [4.78, 5) is 11.5. The number of hydrogen-bond acceptors (Lipinski definition) is 1. The van der Waals surface area contributed by atoms with Crippen LogP contribution in [0.4, 0.5) is 13.2 Å². The van der Waals surface area contributed by atoms with E-state index in [0.717, 1.165) is 4.68 Å². The Kier molecular flexibility index (Phi) is 2.49. The van der Waals surface area contributed by atoms with Crippen molar-refractivity contribution < 1.29 is 13.2 Å². The van der Waals surface area contributed by atoms with E-state index in [-0.39, 0.29) is 5.56 Å². The van der Waals surface area contributed by atoms with E-state index in [1.54, 1.807) is 20.8 Å². The van der Waals surface area contributed by atoms with Gasteiger partial charge in [0.15, 0.2) is 0 Å². The number of halogens is 3. The molecule has 1 rings (SSSR count). The van der Waals surface area contributed by atoms with Crippen LogP contribution < -0.4 is 5.56 Å². The number of rotatable bonds is 0. The highest BCUT2D eigenvalue weighted by Gasteiger charge is 2.37. The van der Waals surface area contributed by atoms with E-state index < -0.39 is 23.0 Å². The highest BCUT2D eigenvalue weighted by molar-refractivity contribution is 5.18. The summed E-state index contributed by atoms with van der Waals surface area (Å²) in [7, 11) is 0. The zero-order valence-corrected chi connectivity index (χ0v) is 8.99. The molecule has 3 nitrogen and oxygen atoms in total. The maximum absolute atomic E-state index is 12.4. The van der Waals surface area contributed by atoms with E-state index in [2.05, 4.69) is 5.10 Å². The standard InChI is InChI=1S/C9H13F3N2O/c1-5-6(9(10,11)12)13-14(7(5)15)8(2,3)4/h13H,1-4H3. The Hall–Kier alpha value is -1.20. The molecule has 0 unspecified atom stereocenters. The second kappa shape index (κ2) is 3.15. The molecule has 0 aliphatic rings. The van der Waals surface area contributed by atoms with Crippen LogP contribution in [-0.4, -0.2) is 9.78 Å². The molecular weight excluding hydrogens is 209 g/mol. The van der Waals surface area contributed by atoms with Crippen molar-refractivity contribution in [3.05, 3.63) is 21.6 Å². The monoisotopic (exact) mass is 222 g/mol. The molecular formula is C9H13F3N2O. The molecule has 6 heteroatoms. The van der Waals surface area contributed by atoms with Crippen LogP contribution in [0.25, 0.3) is 0 Å². The van der Waals surface area contributed by atoms with Crippen LogP contribution in [0.5, 0.6) is 0 Å². The van der Waals surface area contributed by atoms with Crippen LogP contribution in [0.2, 0.25) is 0 Å². The molecule has 1 aromatic heterocycles. The number of aromatic amines is 1. The average Bonchev–Trinajstić information content (AvgIpc) is 2.26. The Labute approximate surface area is 84.9 Å². The van der Waals surface area contributed by atoms with Crippen molar-refractivity contribution in [3.63, 3.8) is 0 Å². The molecule has 1 aromatic rings. The van der Waals surface area contributed by atoms with Crippen LogP contribution in [0.3, 0.4) is 0 Å². The zero-order chi connectivity index (χ0) is 12.0. The molecule has 0 atom stereocenters. The SMILES string of the molecule is Cc1c(C(F)(F)F)[nH]n(C(C)(C)C)c1=O. The number of alkyl halides is 3. The normalized spacial score (nSPS) is 13.3. The molecule has 0 bridgehead atoms. The summed E-state index contributed by atoms with van der Waals surface area (Å²) in [6, 6.07) is 0. The summed E-state index contributed by atoms with van der Waals surface area (Å²) in [5.41, 5.74) is -2.58. The lowest BCUT2D eigenvalue weighted by molar-refractivity contribution is -0.142. The Morgan fingerprint density at radius 3 is 1.87 bits per heavy atom. The highest BCUT2D eigenvalue weighted by atomic mass is 19.4. The molecule has 0 spiro atoms. The molecule has 0 saturated heterocycles. The van der Waals surface area contributed by atoms with Crippen molar-refractivity contribution in [1.82, 2.24) is 9.78 Å². The predicted molar refractivity (Wildman–Crippen MR) is 49.8 cm³/mol. The van der Waals surface area contributed by atoms with E-state index in [4.69, 9.17) is 0 Å². The van der Waals surface area contributed by atoms with Gasteiger partial charge in [-0.05, 0) is 27.7 Å². The van der Waals surface area contributed by atoms with Gasteiger partial charge in [-0.1, -0.05) is 0 Å². The summed E-state index contributed by atoms with van der Waals surface area (Å²) in [5.74, 6) is 0. The lowest BCUT2D eigenvalue weighted by Gasteiger charge is -2.19. The van der Waals surface area contributed by atoms with Gasteiger partial charge in [0.05, 0.1) is 5.54 Å². The van der Waals surface area contributed by atoms with E-state index in [1.807, 2.05) is 0 Å². The zero-order valence-electron chi connectivity index (χ0n) is 8.99. The molecule has 15 heavy (non-hydrogen) atoms. The minimum absolute atomic E-state index is 0.294. The number of nitrogens with zero attached hydrogens (tertiary/aromatic N) is 1. The Bertz CT molecular complexity index is 420. The Morgan fingerprint density at radius 2 is 1.67 bits per heavy atom. The largest absolute Gasteiger partial charge is 0.433 e. The lowest BCUT2D eigenvalue weighted by Crippen LogP contribution is -2.32. The van der Waals surface area contributed by atoms with Crippen molar-refractivity contribution in [1.29, 1.82) is 0 Å². The first-order chi connectivity index (χ1) is 6.55. The second-order valence-corrected chi connectivity index (χ2v) is 4.42. The van der Waals surface area contributed by atoms with Gasteiger partial charge in [0.25, 0.3) is 5.56 Å². The molecule has 0 radical (unpaired) electrons. The molecule has 0 aromatic carbocycles. The quantitative estimate of drug-likeness (QED) is 0.718. The fourth-order valence-corrected chi connectivity index (χ4v) is 1.27. The Balaban J connectivity index is 3.45. The van der Waals surface area contributed by atoms with Gasteiger partial charge in [0.1, 0.15) is 5.69 Å². The van der Waals surface area contributed by atoms with Gasteiger partial charge in [0.2, 0.25) is 0 Å². The number of hydrogen-bond donors (Lipinski definition) is 1. The smallest absolute Gasteiger partial charge is 0.290 e. The van der Waals surface area contributed by atoms with E-state index >= 15 is 0 Å². The van der Waals surface area contributed by atoms with Crippen LogP contribution in [-0.2, 0) is 11.7 Å². The minimum atomic E-state index is -4.51. The third-order valence-electron chi connectivity index (χ3n) is 2.08. The summed E-state index contributed by atoms with van der Waals surface area (Å²) >= 11 is 0. The third kappa shape index (κ3) is 2.08. The van der Waals surface area contributed by atoms with Gasteiger partial charge in [-0.25, -0.2) is 4.68 Å². The summed E-state index contributed by atoms with van der Waals surface area (Å²) in [6.07, 6.45) is -4.51. The number of aromatic nitrogens is 2. The van der Waals surface area contributed by atoms with Gasteiger partial charge in [-0.15, -0.1) is 0 Å². The highest BCUT2D eigenvalue weighted by Crippen LogP contribution is 2.29. The predicted octanol–water partition coefficient (Wildman–Crippen LogP) is 2.26. The molecule has 1 heterocycles. The van der Waals surface area contributed by atoms with Gasteiger partial charge in [-0.3, -0.25) is 9.89 Å². The fourth-order valence-electron chi connectivity index (χ4n) is 1.27. The van der Waals surface area contributed by atoms with Crippen molar-refractivity contribution in [2.75, 3.05) is 0 Å². The van der Waals surface area contributed by atoms with Gasteiger partial charge >= 0.3 is 6.18 Å². The Morgan fingerprint density at radius 1 is 1.20 bits per heavy atom. The maximum Gasteiger partial charge on any atom is 0.433 e. The van der Waals surface area contributed by atoms with Crippen LogP contribution in [0, 0.1) is 6.92 Å². The lowest BCUT2D eigenvalue weighted by atomic mass is 10.1. The molecule has 0 aliphatic carbocycles. The summed E-state index contributed by atoms with van der Waals surface area (Å²) < 4.78 is 38.3. The van der Waals surface area contributed by atoms with E-state index in [0.29, 0.717) is 0 Å². The van der Waals surface area contributed by atoms with E-state index in [1.165, 1.54) is 6.92 Å². The van der Waals surface area contributed by atoms with E-state index in [9.17, 15) is 18.0 Å². The number of H-pyrrole nitrogens is 1. The molecule has 0 amide bonds. The van der Waals surface area contributed by atoms with Gasteiger partial charge in [0, 0.05) is 5.56 Å². The number of nitrogens with one attached hydrogen (secondary N) is 1. The first-order valence-corrected chi connectivity index (χ1v) is 4.44. The topological polar surface area (TPSA) is 37.8 Å². The minimum Gasteiger partial charge on any atom is -0.290 e. The first-order valence-electron chi connectivity index (χ1n) is 4.44. The van der Waals surface area contributed by atoms with Crippen molar-refractivity contribution >= 4 is 0 Å². The van der Waals surface area contributed by atoms with Gasteiger partial charge < -0.3 is 0 Å². The molecule has 0 aliphatic heterocycles. The van der Waals surface area contributed by atoms with Crippen LogP contribution >= 0.6 is 0 Å². The van der Waals surface area contributed by atoms with Crippen molar-refractivity contribution in [2.45, 2.75) is 39.4 Å². The molecule has 0 saturated carbocycles.